The van der Waals surface area contributed by atoms with Gasteiger partial charge in [-0.1, -0.05) is 48.9 Å². The maximum Gasteiger partial charge on any atom is 0.0963 e. The Morgan fingerprint density at radius 2 is 1.78 bits per heavy atom. The van der Waals surface area contributed by atoms with Crippen LogP contribution in [0.5, 0.6) is 0 Å². The first kappa shape index (κ1) is 22.8. The van der Waals surface area contributed by atoms with E-state index in [-0.39, 0.29) is 6.10 Å². The van der Waals surface area contributed by atoms with E-state index >= 15 is 0 Å². The van der Waals surface area contributed by atoms with Crippen molar-refractivity contribution in [3.8, 4) is 11.3 Å². The molecule has 0 aliphatic carbocycles. The van der Waals surface area contributed by atoms with Crippen LogP contribution in [-0.2, 0) is 37.1 Å². The maximum atomic E-state index is 6.08. The number of ether oxygens (including phenoxy) is 1. The monoisotopic (exact) mass is 431 g/mol. The number of methoxy groups -OCH3 is 1. The first-order valence-corrected chi connectivity index (χ1v) is 12.0. The van der Waals surface area contributed by atoms with Gasteiger partial charge in [0.15, 0.2) is 0 Å². The lowest BCUT2D eigenvalue weighted by Gasteiger charge is -2.32. The van der Waals surface area contributed by atoms with Crippen LogP contribution in [0.3, 0.4) is 0 Å². The number of benzene rings is 2. The molecule has 3 aromatic rings. The predicted octanol–water partition coefficient (Wildman–Crippen LogP) is 5.33. The molecule has 1 aliphatic heterocycles. The van der Waals surface area contributed by atoms with Crippen LogP contribution < -0.4 is 5.32 Å². The van der Waals surface area contributed by atoms with Crippen LogP contribution in [0.4, 0.5) is 0 Å². The number of aryl methyl sites for hydroxylation is 4. The summed E-state index contributed by atoms with van der Waals surface area (Å²) in [6, 6.07) is 13.6. The van der Waals surface area contributed by atoms with Gasteiger partial charge in [0.2, 0.25) is 0 Å². The fourth-order valence-corrected chi connectivity index (χ4v) is 5.47. The average molecular weight is 432 g/mol. The number of hydrogen-bond acceptors (Lipinski definition) is 3. The van der Waals surface area contributed by atoms with Gasteiger partial charge in [-0.3, -0.25) is 4.68 Å². The van der Waals surface area contributed by atoms with Crippen LogP contribution in [0.1, 0.15) is 52.9 Å². The highest BCUT2D eigenvalue weighted by atomic mass is 16.5. The molecule has 1 aromatic heterocycles. The zero-order valence-corrected chi connectivity index (χ0v) is 20.5. The van der Waals surface area contributed by atoms with Crippen molar-refractivity contribution in [1.29, 1.82) is 0 Å². The number of rotatable bonds is 7. The minimum Gasteiger partial charge on any atom is -0.379 e. The minimum atomic E-state index is 0.101. The molecule has 0 spiro atoms. The maximum absolute atomic E-state index is 6.08. The van der Waals surface area contributed by atoms with Gasteiger partial charge in [-0.2, -0.15) is 5.10 Å². The summed E-state index contributed by atoms with van der Waals surface area (Å²) < 4.78 is 8.29. The van der Waals surface area contributed by atoms with E-state index in [4.69, 9.17) is 9.84 Å². The van der Waals surface area contributed by atoms with Crippen molar-refractivity contribution in [3.63, 3.8) is 0 Å². The van der Waals surface area contributed by atoms with Crippen molar-refractivity contribution in [2.75, 3.05) is 7.11 Å². The molecule has 0 radical (unpaired) electrons. The fraction of sp³-hybridized carbons (Fsp3) is 0.464. The Labute approximate surface area is 193 Å². The molecule has 2 aromatic carbocycles. The third-order valence-electron chi connectivity index (χ3n) is 6.99. The number of fused-ring (bicyclic) bond motifs is 1. The topological polar surface area (TPSA) is 39.1 Å². The van der Waals surface area contributed by atoms with E-state index in [0.717, 1.165) is 38.0 Å². The Balaban J connectivity index is 1.69. The Morgan fingerprint density at radius 3 is 2.41 bits per heavy atom. The molecular weight excluding hydrogens is 394 g/mol. The highest BCUT2D eigenvalue weighted by molar-refractivity contribution is 5.71. The highest BCUT2D eigenvalue weighted by Gasteiger charge is 2.29. The normalized spacial score (nSPS) is 16.8. The summed E-state index contributed by atoms with van der Waals surface area (Å²) in [5, 5.41) is 8.86. The summed E-state index contributed by atoms with van der Waals surface area (Å²) in [5.74, 6) is 0. The number of aromatic nitrogens is 2. The molecule has 0 bridgehead atoms. The lowest BCUT2D eigenvalue weighted by atomic mass is 9.89. The SMILES string of the molecule is CCc1c(-c2c(C)cc(C)cc2C)nn(CC)c1CC(OC)C1Cc2ccccc2CN1. The lowest BCUT2D eigenvalue weighted by Crippen LogP contribution is -2.46. The third-order valence-corrected chi connectivity index (χ3v) is 6.99. The molecule has 2 atom stereocenters. The van der Waals surface area contributed by atoms with Crippen LogP contribution >= 0.6 is 0 Å². The van der Waals surface area contributed by atoms with E-state index in [1.54, 1.807) is 0 Å². The molecule has 2 unspecified atom stereocenters. The summed E-state index contributed by atoms with van der Waals surface area (Å²) in [5.41, 5.74) is 11.9. The molecule has 170 valence electrons. The molecule has 0 fully saturated rings. The minimum absolute atomic E-state index is 0.101. The van der Waals surface area contributed by atoms with Crippen molar-refractivity contribution in [2.24, 2.45) is 0 Å². The van der Waals surface area contributed by atoms with E-state index in [1.165, 1.54) is 44.6 Å². The van der Waals surface area contributed by atoms with E-state index < -0.39 is 0 Å². The number of hydrogen-bond donors (Lipinski definition) is 1. The highest BCUT2D eigenvalue weighted by Crippen LogP contribution is 2.33. The van der Waals surface area contributed by atoms with Gasteiger partial charge in [0, 0.05) is 49.5 Å². The Bertz CT molecular complexity index is 1080. The second-order valence-electron chi connectivity index (χ2n) is 9.16. The standard InChI is InChI=1S/C28H37N3O/c1-7-23-25(16-26(32-6)24-15-21-11-9-10-12-22(21)17-29-24)31(8-2)30-28(23)27-19(4)13-18(3)14-20(27)5/h9-14,24,26,29H,7-8,15-17H2,1-6H3. The molecule has 4 rings (SSSR count). The van der Waals surface area contributed by atoms with Gasteiger partial charge in [-0.25, -0.2) is 0 Å². The Hall–Kier alpha value is -2.43. The van der Waals surface area contributed by atoms with E-state index in [2.05, 4.69) is 81.0 Å². The van der Waals surface area contributed by atoms with Crippen LogP contribution in [-0.4, -0.2) is 29.0 Å². The van der Waals surface area contributed by atoms with Gasteiger partial charge in [0.25, 0.3) is 0 Å². The Morgan fingerprint density at radius 1 is 1.09 bits per heavy atom. The smallest absolute Gasteiger partial charge is 0.0963 e. The van der Waals surface area contributed by atoms with Gasteiger partial charge in [0.05, 0.1) is 11.8 Å². The van der Waals surface area contributed by atoms with Gasteiger partial charge < -0.3 is 10.1 Å². The van der Waals surface area contributed by atoms with Crippen LogP contribution in [0.25, 0.3) is 11.3 Å². The average Bonchev–Trinajstić information content (AvgIpc) is 3.13. The molecule has 32 heavy (non-hydrogen) atoms. The molecular formula is C28H37N3O. The van der Waals surface area contributed by atoms with E-state index in [9.17, 15) is 0 Å². The summed E-state index contributed by atoms with van der Waals surface area (Å²) in [7, 11) is 1.85. The van der Waals surface area contributed by atoms with Crippen molar-refractivity contribution in [3.05, 3.63) is 75.5 Å². The third kappa shape index (κ3) is 4.26. The van der Waals surface area contributed by atoms with Gasteiger partial charge in [-0.15, -0.1) is 0 Å². The van der Waals surface area contributed by atoms with Gasteiger partial charge in [0.1, 0.15) is 0 Å². The van der Waals surface area contributed by atoms with Gasteiger partial charge in [-0.05, 0) is 62.8 Å². The fourth-order valence-electron chi connectivity index (χ4n) is 5.47. The van der Waals surface area contributed by atoms with Crippen LogP contribution in [0, 0.1) is 20.8 Å². The zero-order valence-electron chi connectivity index (χ0n) is 20.5. The molecule has 2 heterocycles. The molecule has 0 saturated carbocycles. The number of nitrogens with zero attached hydrogens (tertiary/aromatic N) is 2. The van der Waals surface area contributed by atoms with Gasteiger partial charge >= 0.3 is 0 Å². The summed E-state index contributed by atoms with van der Waals surface area (Å²) in [6.45, 7) is 12.8. The summed E-state index contributed by atoms with van der Waals surface area (Å²) in [6.07, 6.45) is 2.93. The molecule has 4 nitrogen and oxygen atoms in total. The second-order valence-corrected chi connectivity index (χ2v) is 9.16. The summed E-state index contributed by atoms with van der Waals surface area (Å²) >= 11 is 0. The summed E-state index contributed by atoms with van der Waals surface area (Å²) in [4.78, 5) is 0. The lowest BCUT2D eigenvalue weighted by molar-refractivity contribution is 0.0639. The van der Waals surface area contributed by atoms with Crippen molar-refractivity contribution < 1.29 is 4.74 Å². The first-order chi connectivity index (χ1) is 15.5. The van der Waals surface area contributed by atoms with Crippen LogP contribution in [0.15, 0.2) is 36.4 Å². The van der Waals surface area contributed by atoms with E-state index in [1.807, 2.05) is 7.11 Å². The largest absolute Gasteiger partial charge is 0.379 e. The van der Waals surface area contributed by atoms with Crippen molar-refractivity contribution in [1.82, 2.24) is 15.1 Å². The van der Waals surface area contributed by atoms with Crippen molar-refractivity contribution in [2.45, 2.75) is 79.1 Å². The molecule has 0 amide bonds. The molecule has 0 saturated heterocycles. The first-order valence-electron chi connectivity index (χ1n) is 12.0. The Kier molecular flexibility index (Phi) is 6.82. The second kappa shape index (κ2) is 9.60. The molecule has 4 heteroatoms. The zero-order chi connectivity index (χ0) is 22.8. The molecule has 1 N–H and O–H groups in total. The van der Waals surface area contributed by atoms with Crippen LogP contribution in [0.2, 0.25) is 0 Å². The van der Waals surface area contributed by atoms with E-state index in [0.29, 0.717) is 6.04 Å². The van der Waals surface area contributed by atoms with Crippen molar-refractivity contribution >= 4 is 0 Å². The quantitative estimate of drug-likeness (QED) is 0.550. The molecule has 1 aliphatic rings. The number of nitrogens with one attached hydrogen (secondary N) is 1. The predicted molar refractivity (Wildman–Crippen MR) is 132 cm³/mol.